The van der Waals surface area contributed by atoms with Crippen molar-refractivity contribution in [3.63, 3.8) is 0 Å². The van der Waals surface area contributed by atoms with E-state index in [1.54, 1.807) is 6.92 Å². The second kappa shape index (κ2) is 5.27. The fourth-order valence-electron chi connectivity index (χ4n) is 1.39. The zero-order chi connectivity index (χ0) is 14.0. The molecule has 0 aromatic carbocycles. The van der Waals surface area contributed by atoms with E-state index in [2.05, 4.69) is 24.6 Å². The van der Waals surface area contributed by atoms with Crippen LogP contribution in [0.15, 0.2) is 6.20 Å². The summed E-state index contributed by atoms with van der Waals surface area (Å²) < 4.78 is 4.01. The van der Waals surface area contributed by atoms with E-state index >= 15 is 0 Å². The molecule has 0 atom stereocenters. The van der Waals surface area contributed by atoms with Crippen LogP contribution in [0.5, 0.6) is 0 Å². The van der Waals surface area contributed by atoms with Gasteiger partial charge >= 0.3 is 5.97 Å². The van der Waals surface area contributed by atoms with E-state index in [0.29, 0.717) is 22.5 Å². The summed E-state index contributed by atoms with van der Waals surface area (Å²) >= 11 is 1.15. The van der Waals surface area contributed by atoms with Crippen LogP contribution in [0.2, 0.25) is 0 Å². The maximum absolute atomic E-state index is 11.2. The van der Waals surface area contributed by atoms with E-state index in [0.717, 1.165) is 11.5 Å². The van der Waals surface area contributed by atoms with Crippen molar-refractivity contribution in [3.05, 3.63) is 23.5 Å². The first kappa shape index (κ1) is 13.3. The SMILES string of the molecule is Cc1nsc(Nc2cnc(C(C)C)nc2C(=O)O)n1. The molecule has 2 N–H and O–H groups in total. The highest BCUT2D eigenvalue weighted by atomic mass is 32.1. The third-order valence-corrected chi connectivity index (χ3v) is 3.02. The van der Waals surface area contributed by atoms with Crippen molar-refractivity contribution < 1.29 is 9.90 Å². The van der Waals surface area contributed by atoms with Crippen LogP contribution in [0.4, 0.5) is 10.8 Å². The average Bonchev–Trinajstić information content (AvgIpc) is 2.74. The van der Waals surface area contributed by atoms with Gasteiger partial charge in [0.15, 0.2) is 5.69 Å². The Morgan fingerprint density at radius 3 is 2.68 bits per heavy atom. The van der Waals surface area contributed by atoms with Gasteiger partial charge in [0.2, 0.25) is 5.13 Å². The quantitative estimate of drug-likeness (QED) is 0.884. The van der Waals surface area contributed by atoms with Gasteiger partial charge in [-0.1, -0.05) is 13.8 Å². The predicted octanol–water partition coefficient (Wildman–Crippen LogP) is 2.20. The fraction of sp³-hybridized carbons (Fsp3) is 0.364. The van der Waals surface area contributed by atoms with E-state index in [9.17, 15) is 9.90 Å². The molecular formula is C11H13N5O2S. The standard InChI is InChI=1S/C11H13N5O2S/c1-5(2)9-12-4-7(8(15-9)10(17)18)14-11-13-6(3)16-19-11/h4-5H,1-3H3,(H,17,18)(H,13,14,16). The molecule has 0 aliphatic rings. The monoisotopic (exact) mass is 279 g/mol. The van der Waals surface area contributed by atoms with Gasteiger partial charge in [-0.2, -0.15) is 4.37 Å². The maximum atomic E-state index is 11.2. The zero-order valence-corrected chi connectivity index (χ0v) is 11.5. The van der Waals surface area contributed by atoms with Gasteiger partial charge in [0.05, 0.1) is 11.9 Å². The summed E-state index contributed by atoms with van der Waals surface area (Å²) in [7, 11) is 0. The lowest BCUT2D eigenvalue weighted by Crippen LogP contribution is -2.10. The molecule has 0 aliphatic heterocycles. The smallest absolute Gasteiger partial charge is 0.356 e. The molecule has 7 nitrogen and oxygen atoms in total. The Hall–Kier alpha value is -2.09. The lowest BCUT2D eigenvalue weighted by atomic mass is 10.2. The van der Waals surface area contributed by atoms with E-state index < -0.39 is 5.97 Å². The number of hydrogen-bond acceptors (Lipinski definition) is 7. The number of nitrogens with one attached hydrogen (secondary N) is 1. The fourth-order valence-corrected chi connectivity index (χ4v) is 1.98. The Balaban J connectivity index is 2.36. The molecule has 0 bridgehead atoms. The number of carboxylic acid groups (broad SMARTS) is 1. The predicted molar refractivity (Wildman–Crippen MR) is 71.0 cm³/mol. The summed E-state index contributed by atoms with van der Waals surface area (Å²) in [5, 5.41) is 12.6. The number of rotatable bonds is 4. The molecule has 0 saturated carbocycles. The number of carboxylic acids is 1. The van der Waals surface area contributed by atoms with Gasteiger partial charge in [-0.3, -0.25) is 0 Å². The van der Waals surface area contributed by atoms with Gasteiger partial charge in [0.25, 0.3) is 0 Å². The average molecular weight is 279 g/mol. The highest BCUT2D eigenvalue weighted by molar-refractivity contribution is 7.09. The summed E-state index contributed by atoms with van der Waals surface area (Å²) in [5.74, 6) is 0.0875. The van der Waals surface area contributed by atoms with Crippen molar-refractivity contribution >= 4 is 28.3 Å². The van der Waals surface area contributed by atoms with Gasteiger partial charge < -0.3 is 10.4 Å². The Bertz CT molecular complexity index is 611. The van der Waals surface area contributed by atoms with Crippen LogP contribution in [0, 0.1) is 6.92 Å². The second-order valence-electron chi connectivity index (χ2n) is 4.22. The van der Waals surface area contributed by atoms with Gasteiger partial charge in [0.1, 0.15) is 11.6 Å². The van der Waals surface area contributed by atoms with Crippen LogP contribution >= 0.6 is 11.5 Å². The zero-order valence-electron chi connectivity index (χ0n) is 10.7. The second-order valence-corrected chi connectivity index (χ2v) is 4.97. The van der Waals surface area contributed by atoms with Gasteiger partial charge in [0, 0.05) is 17.5 Å². The van der Waals surface area contributed by atoms with Gasteiger partial charge in [-0.05, 0) is 6.92 Å². The normalized spacial score (nSPS) is 10.7. The van der Waals surface area contributed by atoms with Crippen LogP contribution in [-0.4, -0.2) is 30.4 Å². The largest absolute Gasteiger partial charge is 0.476 e. The van der Waals surface area contributed by atoms with E-state index in [4.69, 9.17) is 0 Å². The number of aromatic carboxylic acids is 1. The molecule has 0 aliphatic carbocycles. The number of carbonyl (C=O) groups is 1. The Morgan fingerprint density at radius 2 is 2.16 bits per heavy atom. The molecule has 19 heavy (non-hydrogen) atoms. The third-order valence-electron chi connectivity index (χ3n) is 2.30. The van der Waals surface area contributed by atoms with E-state index in [1.165, 1.54) is 6.20 Å². The third kappa shape index (κ3) is 3.02. The molecule has 0 amide bonds. The van der Waals surface area contributed by atoms with Crippen molar-refractivity contribution in [1.29, 1.82) is 0 Å². The van der Waals surface area contributed by atoms with Crippen LogP contribution in [0.3, 0.4) is 0 Å². The highest BCUT2D eigenvalue weighted by Crippen LogP contribution is 2.22. The Kier molecular flexibility index (Phi) is 3.70. The molecule has 2 aromatic heterocycles. The Morgan fingerprint density at radius 1 is 1.42 bits per heavy atom. The molecule has 2 rings (SSSR count). The van der Waals surface area contributed by atoms with Crippen molar-refractivity contribution in [3.8, 4) is 0 Å². The summed E-state index contributed by atoms with van der Waals surface area (Å²) in [6.45, 7) is 5.57. The topological polar surface area (TPSA) is 101 Å². The number of nitrogens with zero attached hydrogens (tertiary/aromatic N) is 4. The van der Waals surface area contributed by atoms with Crippen molar-refractivity contribution in [2.24, 2.45) is 0 Å². The van der Waals surface area contributed by atoms with Gasteiger partial charge in [-0.25, -0.2) is 19.7 Å². The molecule has 0 unspecified atom stereocenters. The van der Waals surface area contributed by atoms with Crippen LogP contribution in [0.1, 0.15) is 41.9 Å². The number of hydrogen-bond donors (Lipinski definition) is 2. The van der Waals surface area contributed by atoms with Gasteiger partial charge in [-0.15, -0.1) is 0 Å². The highest BCUT2D eigenvalue weighted by Gasteiger charge is 2.16. The minimum absolute atomic E-state index is 0.0634. The summed E-state index contributed by atoms with van der Waals surface area (Å²) in [4.78, 5) is 23.5. The van der Waals surface area contributed by atoms with Crippen molar-refractivity contribution in [2.75, 3.05) is 5.32 Å². The van der Waals surface area contributed by atoms with Crippen LogP contribution in [-0.2, 0) is 0 Å². The first-order chi connectivity index (χ1) is 8.97. The molecule has 2 heterocycles. The molecule has 0 saturated heterocycles. The molecule has 100 valence electrons. The Labute approximate surface area is 113 Å². The number of aryl methyl sites for hydroxylation is 1. The molecule has 2 aromatic rings. The molecular weight excluding hydrogens is 266 g/mol. The van der Waals surface area contributed by atoms with Crippen molar-refractivity contribution in [2.45, 2.75) is 26.7 Å². The lowest BCUT2D eigenvalue weighted by molar-refractivity contribution is 0.0691. The first-order valence-corrected chi connectivity index (χ1v) is 6.42. The lowest BCUT2D eigenvalue weighted by Gasteiger charge is -2.09. The summed E-state index contributed by atoms with van der Waals surface area (Å²) in [5.41, 5.74) is 0.250. The molecule has 8 heteroatoms. The maximum Gasteiger partial charge on any atom is 0.356 e. The van der Waals surface area contributed by atoms with Crippen LogP contribution < -0.4 is 5.32 Å². The van der Waals surface area contributed by atoms with Crippen molar-refractivity contribution in [1.82, 2.24) is 19.3 Å². The molecule has 0 fully saturated rings. The number of aromatic nitrogens is 4. The molecule has 0 radical (unpaired) electrons. The summed E-state index contributed by atoms with van der Waals surface area (Å²) in [6.07, 6.45) is 1.46. The van der Waals surface area contributed by atoms with E-state index in [-0.39, 0.29) is 11.6 Å². The molecule has 0 spiro atoms. The minimum Gasteiger partial charge on any atom is -0.476 e. The number of anilines is 2. The first-order valence-electron chi connectivity index (χ1n) is 5.65. The summed E-state index contributed by atoms with van der Waals surface area (Å²) in [6, 6.07) is 0. The van der Waals surface area contributed by atoms with Crippen LogP contribution in [0.25, 0.3) is 0 Å². The minimum atomic E-state index is -1.10. The van der Waals surface area contributed by atoms with E-state index in [1.807, 2.05) is 13.8 Å².